The molecule has 1 aromatic carbocycles. The van der Waals surface area contributed by atoms with Crippen molar-refractivity contribution in [2.75, 3.05) is 32.8 Å². The summed E-state index contributed by atoms with van der Waals surface area (Å²) in [4.78, 5) is 13.0. The molecule has 0 saturated carbocycles. The molecule has 6 heteroatoms. The fourth-order valence-electron chi connectivity index (χ4n) is 3.66. The monoisotopic (exact) mass is 372 g/mol. The largest absolute Gasteiger partial charge is 0.381 e. The predicted octanol–water partition coefficient (Wildman–Crippen LogP) is 2.93. The topological polar surface area (TPSA) is 50.4 Å². The third-order valence-corrected chi connectivity index (χ3v) is 5.34. The molecule has 2 N–H and O–H groups in total. The molecule has 1 amide bonds. The van der Waals surface area contributed by atoms with Crippen molar-refractivity contribution in [1.29, 1.82) is 0 Å². The minimum absolute atomic E-state index is 0. The quantitative estimate of drug-likeness (QED) is 0.853. The zero-order valence-electron chi connectivity index (χ0n) is 13.9. The average molecular weight is 373 g/mol. The van der Waals surface area contributed by atoms with E-state index >= 15 is 0 Å². The van der Waals surface area contributed by atoms with Gasteiger partial charge in [-0.3, -0.25) is 4.79 Å². The Bertz CT molecular complexity index is 542. The molecule has 134 valence electrons. The highest BCUT2D eigenvalue weighted by molar-refractivity contribution is 6.30. The van der Waals surface area contributed by atoms with E-state index in [1.807, 2.05) is 24.3 Å². The second-order valence-corrected chi connectivity index (χ2v) is 7.06. The maximum atomic E-state index is 13.0. The third-order valence-electron chi connectivity index (χ3n) is 5.11. The van der Waals surface area contributed by atoms with Crippen LogP contribution in [0, 0.1) is 5.92 Å². The fourth-order valence-corrected chi connectivity index (χ4v) is 3.85. The summed E-state index contributed by atoms with van der Waals surface area (Å²) in [6.45, 7) is 4.06. The molecule has 0 bridgehead atoms. The Balaban J connectivity index is 0.00000208. The van der Waals surface area contributed by atoms with Gasteiger partial charge in [0.05, 0.1) is 5.41 Å². The van der Waals surface area contributed by atoms with Crippen molar-refractivity contribution in [1.82, 2.24) is 10.6 Å². The lowest BCUT2D eigenvalue weighted by Gasteiger charge is -2.37. The smallest absolute Gasteiger partial charge is 0.230 e. The number of carbonyl (C=O) groups is 1. The van der Waals surface area contributed by atoms with E-state index in [9.17, 15) is 4.79 Å². The average Bonchev–Trinajstić information content (AvgIpc) is 2.61. The first kappa shape index (κ1) is 19.5. The van der Waals surface area contributed by atoms with Gasteiger partial charge < -0.3 is 15.4 Å². The number of amides is 1. The second-order valence-electron chi connectivity index (χ2n) is 6.63. The summed E-state index contributed by atoms with van der Waals surface area (Å²) in [5.74, 6) is 0.651. The van der Waals surface area contributed by atoms with Gasteiger partial charge in [0.2, 0.25) is 5.91 Å². The van der Waals surface area contributed by atoms with E-state index in [4.69, 9.17) is 16.3 Å². The first-order valence-electron chi connectivity index (χ1n) is 8.53. The van der Waals surface area contributed by atoms with Gasteiger partial charge in [-0.15, -0.1) is 12.4 Å². The van der Waals surface area contributed by atoms with Crippen molar-refractivity contribution in [3.8, 4) is 0 Å². The highest BCUT2D eigenvalue weighted by Gasteiger charge is 2.41. The number of rotatable bonds is 4. The zero-order valence-corrected chi connectivity index (χ0v) is 15.4. The van der Waals surface area contributed by atoms with Crippen molar-refractivity contribution in [3.05, 3.63) is 34.9 Å². The molecule has 0 aliphatic carbocycles. The van der Waals surface area contributed by atoms with Gasteiger partial charge in [-0.05, 0) is 62.4 Å². The molecule has 24 heavy (non-hydrogen) atoms. The van der Waals surface area contributed by atoms with Gasteiger partial charge in [0.1, 0.15) is 0 Å². The number of hydrogen-bond donors (Lipinski definition) is 2. The summed E-state index contributed by atoms with van der Waals surface area (Å²) in [5, 5.41) is 7.28. The molecule has 1 aromatic rings. The van der Waals surface area contributed by atoms with E-state index in [1.54, 1.807) is 0 Å². The molecule has 1 unspecified atom stereocenters. The molecular weight excluding hydrogens is 347 g/mol. The normalized spacial score (nSPS) is 23.1. The van der Waals surface area contributed by atoms with Crippen molar-refractivity contribution in [2.24, 2.45) is 5.92 Å². The Morgan fingerprint density at radius 1 is 1.38 bits per heavy atom. The lowest BCUT2D eigenvalue weighted by Crippen LogP contribution is -2.50. The Morgan fingerprint density at radius 3 is 2.83 bits per heavy atom. The van der Waals surface area contributed by atoms with Crippen LogP contribution in [0.5, 0.6) is 0 Å². The number of carbonyl (C=O) groups excluding carboxylic acids is 1. The molecule has 3 rings (SSSR count). The van der Waals surface area contributed by atoms with E-state index in [0.29, 0.717) is 37.0 Å². The number of nitrogens with one attached hydrogen (secondary N) is 2. The van der Waals surface area contributed by atoms with Crippen LogP contribution in [0.25, 0.3) is 0 Å². The first-order chi connectivity index (χ1) is 11.2. The maximum absolute atomic E-state index is 13.0. The van der Waals surface area contributed by atoms with E-state index in [-0.39, 0.29) is 18.3 Å². The molecule has 2 fully saturated rings. The Hall–Kier alpha value is -0.810. The van der Waals surface area contributed by atoms with Crippen molar-refractivity contribution in [2.45, 2.75) is 31.1 Å². The summed E-state index contributed by atoms with van der Waals surface area (Å²) in [6.07, 6.45) is 3.79. The number of benzene rings is 1. The molecule has 2 aliphatic heterocycles. The van der Waals surface area contributed by atoms with E-state index in [1.165, 1.54) is 12.8 Å². The summed E-state index contributed by atoms with van der Waals surface area (Å²) >= 11 is 6.16. The maximum Gasteiger partial charge on any atom is 0.230 e. The lowest BCUT2D eigenvalue weighted by molar-refractivity contribution is -0.130. The molecule has 2 heterocycles. The summed E-state index contributed by atoms with van der Waals surface area (Å²) < 4.78 is 5.50. The van der Waals surface area contributed by atoms with Crippen molar-refractivity contribution < 1.29 is 9.53 Å². The van der Waals surface area contributed by atoms with Gasteiger partial charge in [0, 0.05) is 24.8 Å². The van der Waals surface area contributed by atoms with Crippen LogP contribution in [0.15, 0.2) is 24.3 Å². The van der Waals surface area contributed by atoms with Crippen LogP contribution < -0.4 is 10.6 Å². The highest BCUT2D eigenvalue weighted by atomic mass is 35.5. The van der Waals surface area contributed by atoms with Gasteiger partial charge in [0.25, 0.3) is 0 Å². The van der Waals surface area contributed by atoms with Crippen molar-refractivity contribution >= 4 is 29.9 Å². The zero-order chi connectivity index (χ0) is 16.1. The van der Waals surface area contributed by atoms with Crippen LogP contribution in [-0.2, 0) is 14.9 Å². The van der Waals surface area contributed by atoms with Crippen molar-refractivity contribution in [3.63, 3.8) is 0 Å². The third kappa shape index (κ3) is 4.42. The Kier molecular flexibility index (Phi) is 7.35. The molecule has 1 atom stereocenters. The fraction of sp³-hybridized carbons (Fsp3) is 0.611. The predicted molar refractivity (Wildman–Crippen MR) is 99.0 cm³/mol. The summed E-state index contributed by atoms with van der Waals surface area (Å²) in [6, 6.07) is 7.71. The number of hydrogen-bond acceptors (Lipinski definition) is 3. The van der Waals surface area contributed by atoms with Gasteiger partial charge in [-0.1, -0.05) is 23.7 Å². The molecule has 0 spiro atoms. The molecule has 2 aliphatic rings. The van der Waals surface area contributed by atoms with Gasteiger partial charge in [0.15, 0.2) is 0 Å². The Labute approximate surface area is 155 Å². The number of piperidine rings is 1. The van der Waals surface area contributed by atoms with Crippen LogP contribution in [0.4, 0.5) is 0 Å². The minimum Gasteiger partial charge on any atom is -0.381 e. The van der Waals surface area contributed by atoms with E-state index in [0.717, 1.165) is 25.2 Å². The number of ether oxygens (including phenoxy) is 1. The number of halogens is 2. The molecular formula is C18H26Cl2N2O2. The highest BCUT2D eigenvalue weighted by Crippen LogP contribution is 2.36. The molecule has 2 saturated heterocycles. The molecule has 4 nitrogen and oxygen atoms in total. The van der Waals surface area contributed by atoms with Crippen LogP contribution in [0.1, 0.15) is 31.2 Å². The molecule has 0 radical (unpaired) electrons. The summed E-state index contributed by atoms with van der Waals surface area (Å²) in [7, 11) is 0. The minimum atomic E-state index is -0.509. The van der Waals surface area contributed by atoms with E-state index < -0.39 is 5.41 Å². The van der Waals surface area contributed by atoms with Crippen LogP contribution >= 0.6 is 24.0 Å². The van der Waals surface area contributed by atoms with Gasteiger partial charge in [-0.25, -0.2) is 0 Å². The SMILES string of the molecule is Cl.O=C(NCC1CCCNC1)C1(c2cccc(Cl)c2)CCOCC1. The van der Waals surface area contributed by atoms with Crippen LogP contribution in [0.3, 0.4) is 0 Å². The Morgan fingerprint density at radius 2 is 2.17 bits per heavy atom. The van der Waals surface area contributed by atoms with Crippen LogP contribution in [0.2, 0.25) is 5.02 Å². The standard InChI is InChI=1S/C18H25ClN2O2.ClH/c19-16-5-1-4-15(11-16)18(6-9-23-10-7-18)17(22)21-13-14-3-2-8-20-12-14;/h1,4-5,11,14,20H,2-3,6-10,12-13H2,(H,21,22);1H. The second kappa shape index (κ2) is 9.04. The van der Waals surface area contributed by atoms with Crippen LogP contribution in [-0.4, -0.2) is 38.8 Å². The van der Waals surface area contributed by atoms with Gasteiger partial charge in [-0.2, -0.15) is 0 Å². The first-order valence-corrected chi connectivity index (χ1v) is 8.91. The van der Waals surface area contributed by atoms with E-state index in [2.05, 4.69) is 10.6 Å². The molecule has 0 aromatic heterocycles. The summed E-state index contributed by atoms with van der Waals surface area (Å²) in [5.41, 5.74) is 0.498. The lowest BCUT2D eigenvalue weighted by atomic mass is 9.73. The van der Waals surface area contributed by atoms with Gasteiger partial charge >= 0.3 is 0 Å².